The Labute approximate surface area is 186 Å². The smallest absolute Gasteiger partial charge is 0.265 e. The van der Waals surface area contributed by atoms with Crippen molar-refractivity contribution in [3.05, 3.63) is 78.9 Å². The number of hydrogen-bond acceptors (Lipinski definition) is 6. The lowest BCUT2D eigenvalue weighted by molar-refractivity contribution is -0.122. The molecule has 1 unspecified atom stereocenters. The molecule has 7 nitrogen and oxygen atoms in total. The molecule has 0 aliphatic carbocycles. The summed E-state index contributed by atoms with van der Waals surface area (Å²) in [5, 5.41) is 11.2. The first kappa shape index (κ1) is 21.1. The lowest BCUT2D eigenvalue weighted by Crippen LogP contribution is -2.32. The number of ether oxygens (including phenoxy) is 2. The van der Waals surface area contributed by atoms with Crippen LogP contribution < -0.4 is 14.8 Å². The second kappa shape index (κ2) is 9.78. The third-order valence-corrected chi connectivity index (χ3v) is 4.83. The Bertz CT molecular complexity index is 1190. The Morgan fingerprint density at radius 3 is 2.50 bits per heavy atom. The lowest BCUT2D eigenvalue weighted by Gasteiger charge is -2.18. The molecule has 4 aromatic rings. The zero-order chi connectivity index (χ0) is 22.3. The molecular weight excluding hydrogens is 406 g/mol. The van der Waals surface area contributed by atoms with E-state index >= 15 is 0 Å². The molecule has 0 fully saturated rings. The molecule has 162 valence electrons. The van der Waals surface area contributed by atoms with Gasteiger partial charge in [-0.2, -0.15) is 0 Å². The van der Waals surface area contributed by atoms with Crippen molar-refractivity contribution < 1.29 is 18.7 Å². The van der Waals surface area contributed by atoms with Crippen molar-refractivity contribution >= 4 is 11.6 Å². The molecule has 1 aromatic heterocycles. The van der Waals surface area contributed by atoms with Gasteiger partial charge < -0.3 is 19.2 Å². The first-order chi connectivity index (χ1) is 15.7. The van der Waals surface area contributed by atoms with Crippen LogP contribution >= 0.6 is 0 Å². The molecule has 3 aromatic carbocycles. The maximum atomic E-state index is 12.9. The van der Waals surface area contributed by atoms with Gasteiger partial charge in [-0.25, -0.2) is 0 Å². The van der Waals surface area contributed by atoms with Gasteiger partial charge in [0.15, 0.2) is 6.10 Å². The van der Waals surface area contributed by atoms with Crippen molar-refractivity contribution in [1.29, 1.82) is 0 Å². The van der Waals surface area contributed by atoms with Crippen LogP contribution in [0.3, 0.4) is 0 Å². The highest BCUT2D eigenvalue weighted by Gasteiger charge is 2.22. The summed E-state index contributed by atoms with van der Waals surface area (Å²) in [6.07, 6.45) is -0.234. The van der Waals surface area contributed by atoms with E-state index in [2.05, 4.69) is 15.5 Å². The van der Waals surface area contributed by atoms with E-state index in [1.165, 1.54) is 0 Å². The second-order valence-corrected chi connectivity index (χ2v) is 7.01. The van der Waals surface area contributed by atoms with Crippen molar-refractivity contribution in [1.82, 2.24) is 10.2 Å². The number of anilines is 1. The van der Waals surface area contributed by atoms with Gasteiger partial charge in [-0.1, -0.05) is 43.3 Å². The van der Waals surface area contributed by atoms with Gasteiger partial charge in [0.05, 0.1) is 12.7 Å². The topological polar surface area (TPSA) is 86.5 Å². The Balaban J connectivity index is 1.54. The minimum atomic E-state index is -0.709. The summed E-state index contributed by atoms with van der Waals surface area (Å²) in [6.45, 7) is 1.89. The molecule has 0 aliphatic heterocycles. The highest BCUT2D eigenvalue weighted by molar-refractivity contribution is 5.94. The van der Waals surface area contributed by atoms with Crippen LogP contribution in [0.1, 0.15) is 13.3 Å². The molecular formula is C25H23N3O4. The summed E-state index contributed by atoms with van der Waals surface area (Å²) in [5.41, 5.74) is 2.08. The highest BCUT2D eigenvalue weighted by atomic mass is 16.5. The van der Waals surface area contributed by atoms with E-state index in [9.17, 15) is 4.79 Å². The van der Waals surface area contributed by atoms with E-state index in [-0.39, 0.29) is 5.91 Å². The maximum absolute atomic E-state index is 12.9. The van der Waals surface area contributed by atoms with E-state index in [0.29, 0.717) is 41.0 Å². The quantitative estimate of drug-likeness (QED) is 0.414. The zero-order valence-corrected chi connectivity index (χ0v) is 17.8. The van der Waals surface area contributed by atoms with Crippen molar-refractivity contribution in [2.45, 2.75) is 19.4 Å². The second-order valence-electron chi connectivity index (χ2n) is 7.01. The number of carbonyl (C=O) groups excluding carboxylic acids is 1. The van der Waals surface area contributed by atoms with Crippen molar-refractivity contribution in [2.75, 3.05) is 12.4 Å². The first-order valence-electron chi connectivity index (χ1n) is 10.3. The predicted molar refractivity (Wildman–Crippen MR) is 122 cm³/mol. The number of nitrogens with one attached hydrogen (secondary N) is 1. The molecule has 0 bridgehead atoms. The lowest BCUT2D eigenvalue weighted by atomic mass is 10.2. The van der Waals surface area contributed by atoms with E-state index in [1.807, 2.05) is 67.6 Å². The van der Waals surface area contributed by atoms with E-state index in [4.69, 9.17) is 13.9 Å². The maximum Gasteiger partial charge on any atom is 0.265 e. The molecule has 7 heteroatoms. The van der Waals surface area contributed by atoms with Gasteiger partial charge >= 0.3 is 0 Å². The Kier molecular flexibility index (Phi) is 6.46. The van der Waals surface area contributed by atoms with Gasteiger partial charge in [0.2, 0.25) is 5.89 Å². The average Bonchev–Trinajstić information content (AvgIpc) is 3.33. The number of benzene rings is 3. The summed E-state index contributed by atoms with van der Waals surface area (Å²) in [6, 6.07) is 24.0. The van der Waals surface area contributed by atoms with Gasteiger partial charge in [-0.15, -0.1) is 10.2 Å². The number of para-hydroxylation sites is 1. The normalized spacial score (nSPS) is 11.6. The number of hydrogen-bond donors (Lipinski definition) is 1. The van der Waals surface area contributed by atoms with Gasteiger partial charge in [0, 0.05) is 17.3 Å². The zero-order valence-electron chi connectivity index (χ0n) is 17.8. The van der Waals surface area contributed by atoms with Crippen LogP contribution in [0.15, 0.2) is 83.3 Å². The third-order valence-electron chi connectivity index (χ3n) is 4.83. The van der Waals surface area contributed by atoms with Gasteiger partial charge in [-0.05, 0) is 42.8 Å². The fraction of sp³-hybridized carbons (Fsp3) is 0.160. The van der Waals surface area contributed by atoms with Crippen LogP contribution in [-0.4, -0.2) is 29.3 Å². The van der Waals surface area contributed by atoms with Crippen LogP contribution in [0, 0.1) is 0 Å². The number of nitrogens with zero attached hydrogens (tertiary/aromatic N) is 2. The number of rotatable bonds is 8. The predicted octanol–water partition coefficient (Wildman–Crippen LogP) is 5.21. The number of amides is 1. The summed E-state index contributed by atoms with van der Waals surface area (Å²) in [7, 11) is 1.58. The molecule has 4 rings (SSSR count). The summed E-state index contributed by atoms with van der Waals surface area (Å²) >= 11 is 0. The molecule has 32 heavy (non-hydrogen) atoms. The highest BCUT2D eigenvalue weighted by Crippen LogP contribution is 2.32. The van der Waals surface area contributed by atoms with Gasteiger partial charge in [-0.3, -0.25) is 4.79 Å². The minimum Gasteiger partial charge on any atom is -0.497 e. The molecule has 0 saturated carbocycles. The summed E-state index contributed by atoms with van der Waals surface area (Å²) < 4.78 is 17.2. The van der Waals surface area contributed by atoms with Crippen LogP contribution in [0.4, 0.5) is 5.69 Å². The Morgan fingerprint density at radius 2 is 1.72 bits per heavy atom. The SMILES string of the molecule is CCC(Oc1ccccc1-c1nnc(-c2ccccc2)o1)C(=O)Nc1cccc(OC)c1. The molecule has 1 heterocycles. The standard InChI is InChI=1S/C25H23N3O4/c1-3-21(23(29)26-18-12-9-13-19(16-18)30-2)31-22-15-8-7-14-20(22)25-28-27-24(32-25)17-10-5-4-6-11-17/h4-16,21H,3H2,1-2H3,(H,26,29). The monoisotopic (exact) mass is 429 g/mol. The van der Waals surface area contributed by atoms with Crippen molar-refractivity contribution in [3.63, 3.8) is 0 Å². The average molecular weight is 429 g/mol. The van der Waals surface area contributed by atoms with E-state index in [0.717, 1.165) is 5.56 Å². The fourth-order valence-electron chi connectivity index (χ4n) is 3.17. The largest absolute Gasteiger partial charge is 0.497 e. The molecule has 1 amide bonds. The van der Waals surface area contributed by atoms with Crippen molar-refractivity contribution in [3.8, 4) is 34.4 Å². The fourth-order valence-corrected chi connectivity index (χ4v) is 3.17. The van der Waals surface area contributed by atoms with Crippen LogP contribution in [0.2, 0.25) is 0 Å². The van der Waals surface area contributed by atoms with Crippen LogP contribution in [-0.2, 0) is 4.79 Å². The molecule has 0 saturated heterocycles. The summed E-state index contributed by atoms with van der Waals surface area (Å²) in [4.78, 5) is 12.9. The molecule has 0 spiro atoms. The third kappa shape index (κ3) is 4.78. The van der Waals surface area contributed by atoms with E-state index in [1.54, 1.807) is 25.3 Å². The van der Waals surface area contributed by atoms with E-state index < -0.39 is 6.10 Å². The van der Waals surface area contributed by atoms with Crippen LogP contribution in [0.5, 0.6) is 11.5 Å². The Morgan fingerprint density at radius 1 is 0.969 bits per heavy atom. The number of aromatic nitrogens is 2. The number of methoxy groups -OCH3 is 1. The van der Waals surface area contributed by atoms with Gasteiger partial charge in [0.25, 0.3) is 11.8 Å². The van der Waals surface area contributed by atoms with Crippen molar-refractivity contribution in [2.24, 2.45) is 0 Å². The summed E-state index contributed by atoms with van der Waals surface area (Å²) in [5.74, 6) is 1.63. The number of carbonyl (C=O) groups is 1. The Hall–Kier alpha value is -4.13. The molecule has 0 radical (unpaired) electrons. The molecule has 0 aliphatic rings. The van der Waals surface area contributed by atoms with Crippen LogP contribution in [0.25, 0.3) is 22.9 Å². The van der Waals surface area contributed by atoms with Gasteiger partial charge in [0.1, 0.15) is 11.5 Å². The first-order valence-corrected chi connectivity index (χ1v) is 10.3. The molecule has 1 N–H and O–H groups in total. The minimum absolute atomic E-state index is 0.258. The molecule has 1 atom stereocenters.